The molecule has 2 rings (SSSR count). The minimum atomic E-state index is 0.0531. The second kappa shape index (κ2) is 4.01. The van der Waals surface area contributed by atoms with E-state index in [4.69, 9.17) is 4.52 Å². The zero-order valence-electron chi connectivity index (χ0n) is 9.49. The van der Waals surface area contributed by atoms with E-state index in [9.17, 15) is 0 Å². The van der Waals surface area contributed by atoms with Crippen LogP contribution < -0.4 is 0 Å². The maximum atomic E-state index is 5.18. The predicted octanol–water partition coefficient (Wildman–Crippen LogP) is 3.80. The van der Waals surface area contributed by atoms with Crippen molar-refractivity contribution in [1.29, 1.82) is 0 Å². The fourth-order valence-corrected chi connectivity index (χ4v) is 1.87. The number of hydrogen-bond donors (Lipinski definition) is 0. The monoisotopic (exact) mass is 280 g/mol. The minimum Gasteiger partial charge on any atom is -0.333 e. The first-order valence-electron chi connectivity index (χ1n) is 5.07. The molecule has 0 N–H and O–H groups in total. The van der Waals surface area contributed by atoms with Gasteiger partial charge in [0.15, 0.2) is 0 Å². The third-order valence-corrected chi connectivity index (χ3v) is 2.69. The second-order valence-electron chi connectivity index (χ2n) is 4.66. The van der Waals surface area contributed by atoms with Gasteiger partial charge in [-0.1, -0.05) is 39.0 Å². The molecule has 3 nitrogen and oxygen atoms in total. The van der Waals surface area contributed by atoms with Crippen LogP contribution in [0.3, 0.4) is 0 Å². The van der Waals surface area contributed by atoms with Gasteiger partial charge in [0.2, 0.25) is 4.73 Å². The highest BCUT2D eigenvalue weighted by Gasteiger charge is 2.20. The third kappa shape index (κ3) is 2.16. The van der Waals surface area contributed by atoms with Gasteiger partial charge >= 0.3 is 0 Å². The van der Waals surface area contributed by atoms with E-state index in [2.05, 4.69) is 52.9 Å². The van der Waals surface area contributed by atoms with Crippen LogP contribution in [-0.4, -0.2) is 10.1 Å². The molecule has 0 amide bonds. The lowest BCUT2D eigenvalue weighted by atomic mass is 9.84. The normalized spacial score (nSPS) is 11.8. The summed E-state index contributed by atoms with van der Waals surface area (Å²) < 4.78 is 5.66. The lowest BCUT2D eigenvalue weighted by Crippen LogP contribution is -2.12. The molecule has 0 unspecified atom stereocenters. The molecule has 0 saturated heterocycles. The first-order valence-corrected chi connectivity index (χ1v) is 5.87. The van der Waals surface area contributed by atoms with Crippen molar-refractivity contribution < 1.29 is 4.52 Å². The molecule has 16 heavy (non-hydrogen) atoms. The largest absolute Gasteiger partial charge is 0.333 e. The Kier molecular flexibility index (Phi) is 2.84. The molecule has 0 bridgehead atoms. The van der Waals surface area contributed by atoms with Crippen LogP contribution in [0, 0.1) is 0 Å². The van der Waals surface area contributed by atoms with Gasteiger partial charge in [-0.3, -0.25) is 0 Å². The van der Waals surface area contributed by atoms with Crippen LogP contribution in [0.5, 0.6) is 0 Å². The Labute approximate surface area is 103 Å². The molecule has 0 aliphatic carbocycles. The Morgan fingerprint density at radius 3 is 2.44 bits per heavy atom. The molecule has 1 aromatic carbocycles. The van der Waals surface area contributed by atoms with Crippen molar-refractivity contribution in [3.63, 3.8) is 0 Å². The van der Waals surface area contributed by atoms with Gasteiger partial charge in [0.25, 0.3) is 5.89 Å². The summed E-state index contributed by atoms with van der Waals surface area (Å²) in [4.78, 5) is 4.19. The molecular formula is C12H13BrN2O. The van der Waals surface area contributed by atoms with E-state index < -0.39 is 0 Å². The second-order valence-corrected chi connectivity index (χ2v) is 5.37. The summed E-state index contributed by atoms with van der Waals surface area (Å²) in [6, 6.07) is 8.09. The van der Waals surface area contributed by atoms with E-state index >= 15 is 0 Å². The number of benzene rings is 1. The van der Waals surface area contributed by atoms with Gasteiger partial charge in [-0.25, -0.2) is 0 Å². The van der Waals surface area contributed by atoms with Gasteiger partial charge in [0.05, 0.1) is 0 Å². The van der Waals surface area contributed by atoms with Crippen LogP contribution in [0.2, 0.25) is 0 Å². The van der Waals surface area contributed by atoms with E-state index in [0.717, 1.165) is 5.56 Å². The maximum absolute atomic E-state index is 5.18. The van der Waals surface area contributed by atoms with Crippen molar-refractivity contribution in [2.24, 2.45) is 0 Å². The summed E-state index contributed by atoms with van der Waals surface area (Å²) >= 11 is 3.19. The molecule has 0 fully saturated rings. The molecule has 1 aromatic heterocycles. The Morgan fingerprint density at radius 2 is 1.88 bits per heavy atom. The SMILES string of the molecule is CC(C)(C)c1ccccc1-c1nc(Br)no1. The molecule has 0 saturated carbocycles. The zero-order chi connectivity index (χ0) is 11.8. The average Bonchev–Trinajstić information content (AvgIpc) is 2.64. The average molecular weight is 281 g/mol. The number of halogens is 1. The molecule has 1 heterocycles. The van der Waals surface area contributed by atoms with Crippen LogP contribution in [0.15, 0.2) is 33.5 Å². The lowest BCUT2D eigenvalue weighted by molar-refractivity contribution is 0.425. The van der Waals surface area contributed by atoms with Crippen molar-refractivity contribution in [1.82, 2.24) is 10.1 Å². The number of rotatable bonds is 1. The number of nitrogens with zero attached hydrogens (tertiary/aromatic N) is 2. The summed E-state index contributed by atoms with van der Waals surface area (Å²) in [6.07, 6.45) is 0. The lowest BCUT2D eigenvalue weighted by Gasteiger charge is -2.21. The Bertz CT molecular complexity index is 500. The molecule has 0 radical (unpaired) electrons. The first-order chi connectivity index (χ1) is 7.48. The summed E-state index contributed by atoms with van der Waals surface area (Å²) in [5.41, 5.74) is 2.25. The fourth-order valence-electron chi connectivity index (χ4n) is 1.64. The third-order valence-electron chi connectivity index (χ3n) is 2.37. The molecule has 4 heteroatoms. The molecule has 0 spiro atoms. The van der Waals surface area contributed by atoms with Crippen LogP contribution >= 0.6 is 15.9 Å². The highest BCUT2D eigenvalue weighted by atomic mass is 79.9. The summed E-state index contributed by atoms with van der Waals surface area (Å²) in [5.74, 6) is 0.553. The van der Waals surface area contributed by atoms with Crippen LogP contribution in [0.25, 0.3) is 11.5 Å². The quantitative estimate of drug-likeness (QED) is 0.798. The highest BCUT2D eigenvalue weighted by Crippen LogP contribution is 2.32. The minimum absolute atomic E-state index is 0.0531. The predicted molar refractivity (Wildman–Crippen MR) is 66.1 cm³/mol. The molecule has 84 valence electrons. The van der Waals surface area contributed by atoms with E-state index in [-0.39, 0.29) is 5.41 Å². The Balaban J connectivity index is 2.57. The van der Waals surface area contributed by atoms with Gasteiger partial charge in [-0.2, -0.15) is 4.98 Å². The molecule has 2 aromatic rings. The number of hydrogen-bond acceptors (Lipinski definition) is 3. The maximum Gasteiger partial charge on any atom is 0.258 e. The molecular weight excluding hydrogens is 268 g/mol. The van der Waals surface area contributed by atoms with Crippen molar-refractivity contribution in [3.05, 3.63) is 34.6 Å². The zero-order valence-corrected chi connectivity index (χ0v) is 11.1. The van der Waals surface area contributed by atoms with Gasteiger partial charge in [0.1, 0.15) is 0 Å². The molecule has 0 aliphatic heterocycles. The van der Waals surface area contributed by atoms with Gasteiger partial charge in [-0.05, 0) is 38.1 Å². The van der Waals surface area contributed by atoms with Crippen molar-refractivity contribution in [2.45, 2.75) is 26.2 Å². The van der Waals surface area contributed by atoms with Crippen molar-refractivity contribution >= 4 is 15.9 Å². The van der Waals surface area contributed by atoms with E-state index in [0.29, 0.717) is 10.6 Å². The van der Waals surface area contributed by atoms with Gasteiger partial charge < -0.3 is 4.52 Å². The summed E-state index contributed by atoms with van der Waals surface area (Å²) in [7, 11) is 0. The van der Waals surface area contributed by atoms with Crippen LogP contribution in [0.1, 0.15) is 26.3 Å². The van der Waals surface area contributed by atoms with Crippen LogP contribution in [0.4, 0.5) is 0 Å². The van der Waals surface area contributed by atoms with Crippen molar-refractivity contribution in [3.8, 4) is 11.5 Å². The summed E-state index contributed by atoms with van der Waals surface area (Å²) in [5, 5.41) is 3.75. The molecule has 0 atom stereocenters. The van der Waals surface area contributed by atoms with Gasteiger partial charge in [-0.15, -0.1) is 0 Å². The smallest absolute Gasteiger partial charge is 0.258 e. The highest BCUT2D eigenvalue weighted by molar-refractivity contribution is 9.10. The first kappa shape index (κ1) is 11.3. The fraction of sp³-hybridized carbons (Fsp3) is 0.333. The Hall–Kier alpha value is -1.16. The van der Waals surface area contributed by atoms with Crippen LogP contribution in [-0.2, 0) is 5.41 Å². The topological polar surface area (TPSA) is 38.9 Å². The van der Waals surface area contributed by atoms with Crippen molar-refractivity contribution in [2.75, 3.05) is 0 Å². The Morgan fingerprint density at radius 1 is 1.19 bits per heavy atom. The van der Waals surface area contributed by atoms with E-state index in [1.165, 1.54) is 5.56 Å². The number of aromatic nitrogens is 2. The summed E-state index contributed by atoms with van der Waals surface area (Å²) in [6.45, 7) is 6.49. The van der Waals surface area contributed by atoms with Gasteiger partial charge in [0, 0.05) is 5.56 Å². The van der Waals surface area contributed by atoms with E-state index in [1.54, 1.807) is 0 Å². The van der Waals surface area contributed by atoms with E-state index in [1.807, 2.05) is 18.2 Å². The molecule has 0 aliphatic rings. The standard InChI is InChI=1S/C12H13BrN2O/c1-12(2,3)9-7-5-4-6-8(9)10-14-11(13)15-16-10/h4-7H,1-3H3.